The molecule has 1 amide bonds. The fraction of sp³-hybridized carbons (Fsp3) is 0.500. The molecule has 0 saturated heterocycles. The van der Waals surface area contributed by atoms with E-state index in [1.165, 1.54) is 12.5 Å². The number of carbonyl (C=O) groups is 1. The Balaban J connectivity index is 2.15. The van der Waals surface area contributed by atoms with Crippen LogP contribution in [0.5, 0.6) is 0 Å². The molecule has 3 N–H and O–H groups in total. The van der Waals surface area contributed by atoms with E-state index in [4.69, 9.17) is 15.4 Å². The molecule has 1 aromatic rings. The minimum absolute atomic E-state index is 0.0405. The number of hydrogen-bond acceptors (Lipinski definition) is 4. The molecule has 98 valence electrons. The monoisotopic (exact) mass is 251 g/mol. The van der Waals surface area contributed by atoms with Gasteiger partial charge in [-0.2, -0.15) is 0 Å². The second-order valence-corrected chi connectivity index (χ2v) is 4.47. The lowest BCUT2D eigenvalue weighted by Crippen LogP contribution is -2.44. The largest absolute Gasteiger partial charge is 0.472 e. The van der Waals surface area contributed by atoms with Gasteiger partial charge in [0, 0.05) is 6.04 Å². The van der Waals surface area contributed by atoms with Crippen LogP contribution in [0.25, 0.3) is 0 Å². The van der Waals surface area contributed by atoms with E-state index in [0.29, 0.717) is 5.56 Å². The Morgan fingerprint density at radius 1 is 1.56 bits per heavy atom. The number of hydrogen-bond donors (Lipinski definition) is 2. The van der Waals surface area contributed by atoms with Crippen LogP contribution in [0.4, 0.5) is 0 Å². The van der Waals surface area contributed by atoms with E-state index in [2.05, 4.69) is 5.16 Å². The van der Waals surface area contributed by atoms with Crippen molar-refractivity contribution >= 4 is 11.7 Å². The predicted octanol–water partition coefficient (Wildman–Crippen LogP) is 1.41. The summed E-state index contributed by atoms with van der Waals surface area (Å²) >= 11 is 0. The lowest BCUT2D eigenvalue weighted by molar-refractivity contribution is 0.0711. The highest BCUT2D eigenvalue weighted by Crippen LogP contribution is 2.24. The summed E-state index contributed by atoms with van der Waals surface area (Å²) in [7, 11) is 0. The van der Waals surface area contributed by atoms with E-state index in [1.807, 2.05) is 0 Å². The number of furan rings is 1. The highest BCUT2D eigenvalue weighted by atomic mass is 16.4. The molecular weight excluding hydrogens is 234 g/mol. The van der Waals surface area contributed by atoms with Crippen LogP contribution in [0.3, 0.4) is 0 Å². The van der Waals surface area contributed by atoms with Gasteiger partial charge < -0.3 is 20.3 Å². The first kappa shape index (κ1) is 12.5. The van der Waals surface area contributed by atoms with Crippen LogP contribution in [0, 0.1) is 0 Å². The maximum atomic E-state index is 12.3. The molecule has 0 aliphatic heterocycles. The minimum Gasteiger partial charge on any atom is -0.472 e. The predicted molar refractivity (Wildman–Crippen MR) is 65.4 cm³/mol. The molecule has 2 rings (SSSR count). The normalized spacial score (nSPS) is 17.0. The van der Waals surface area contributed by atoms with E-state index in [1.54, 1.807) is 11.0 Å². The maximum absolute atomic E-state index is 12.3. The molecule has 0 bridgehead atoms. The summed E-state index contributed by atoms with van der Waals surface area (Å²) in [6.07, 6.45) is 7.01. The molecule has 1 aliphatic carbocycles. The molecule has 1 heterocycles. The molecule has 0 radical (unpaired) electrons. The standard InChI is InChI=1S/C12H17N3O3/c13-11(14-17)7-15(10-3-1-2-4-10)12(16)9-5-6-18-8-9/h5-6,8,10,17H,1-4,7H2,(H2,13,14). The molecule has 18 heavy (non-hydrogen) atoms. The van der Waals surface area contributed by atoms with E-state index in [-0.39, 0.29) is 24.3 Å². The number of amides is 1. The maximum Gasteiger partial charge on any atom is 0.257 e. The van der Waals surface area contributed by atoms with Crippen LogP contribution in [0.2, 0.25) is 0 Å². The van der Waals surface area contributed by atoms with Crippen LogP contribution in [0.15, 0.2) is 28.2 Å². The van der Waals surface area contributed by atoms with Gasteiger partial charge in [-0.05, 0) is 18.9 Å². The molecule has 6 nitrogen and oxygen atoms in total. The van der Waals surface area contributed by atoms with Gasteiger partial charge in [-0.1, -0.05) is 18.0 Å². The van der Waals surface area contributed by atoms with Crippen LogP contribution in [0.1, 0.15) is 36.0 Å². The fourth-order valence-electron chi connectivity index (χ4n) is 2.34. The first-order valence-corrected chi connectivity index (χ1v) is 6.02. The third kappa shape index (κ3) is 2.64. The van der Waals surface area contributed by atoms with Gasteiger partial charge in [-0.15, -0.1) is 0 Å². The molecule has 1 saturated carbocycles. The zero-order valence-electron chi connectivity index (χ0n) is 10.1. The van der Waals surface area contributed by atoms with Crippen molar-refractivity contribution in [1.82, 2.24) is 4.90 Å². The third-order valence-corrected chi connectivity index (χ3v) is 3.26. The molecule has 0 unspecified atom stereocenters. The summed E-state index contributed by atoms with van der Waals surface area (Å²) in [6.45, 7) is 0.144. The number of rotatable bonds is 4. The van der Waals surface area contributed by atoms with Crippen molar-refractivity contribution in [3.8, 4) is 0 Å². The molecule has 1 fully saturated rings. The van der Waals surface area contributed by atoms with E-state index in [9.17, 15) is 4.79 Å². The van der Waals surface area contributed by atoms with Crippen molar-refractivity contribution in [3.63, 3.8) is 0 Å². The second kappa shape index (κ2) is 5.57. The zero-order valence-corrected chi connectivity index (χ0v) is 10.1. The first-order valence-electron chi connectivity index (χ1n) is 6.02. The Hall–Kier alpha value is -1.98. The second-order valence-electron chi connectivity index (χ2n) is 4.47. The molecule has 6 heteroatoms. The van der Waals surface area contributed by atoms with Crippen molar-refractivity contribution in [2.24, 2.45) is 10.9 Å². The van der Waals surface area contributed by atoms with Crippen molar-refractivity contribution < 1.29 is 14.4 Å². The van der Waals surface area contributed by atoms with Gasteiger partial charge in [0.25, 0.3) is 5.91 Å². The molecule has 0 atom stereocenters. The molecule has 1 aliphatic rings. The van der Waals surface area contributed by atoms with Crippen LogP contribution in [-0.4, -0.2) is 34.4 Å². The van der Waals surface area contributed by atoms with Crippen LogP contribution in [-0.2, 0) is 0 Å². The Morgan fingerprint density at radius 2 is 2.28 bits per heavy atom. The topological polar surface area (TPSA) is 92.1 Å². The number of carbonyl (C=O) groups excluding carboxylic acids is 1. The summed E-state index contributed by atoms with van der Waals surface area (Å²) in [5.41, 5.74) is 6.01. The molecular formula is C12H17N3O3. The summed E-state index contributed by atoms with van der Waals surface area (Å²) < 4.78 is 4.92. The minimum atomic E-state index is -0.137. The Labute approximate surface area is 105 Å². The molecule has 0 aromatic carbocycles. The van der Waals surface area contributed by atoms with Crippen molar-refractivity contribution in [1.29, 1.82) is 0 Å². The summed E-state index contributed by atoms with van der Waals surface area (Å²) in [4.78, 5) is 14.0. The van der Waals surface area contributed by atoms with E-state index in [0.717, 1.165) is 25.7 Å². The Morgan fingerprint density at radius 3 is 2.83 bits per heavy atom. The summed E-state index contributed by atoms with van der Waals surface area (Å²) in [6, 6.07) is 1.78. The number of nitrogens with two attached hydrogens (primary N) is 1. The van der Waals surface area contributed by atoms with Crippen LogP contribution >= 0.6 is 0 Å². The lowest BCUT2D eigenvalue weighted by atomic mass is 10.1. The lowest BCUT2D eigenvalue weighted by Gasteiger charge is -2.28. The summed E-state index contributed by atoms with van der Waals surface area (Å²) in [5.74, 6) is -0.0963. The van der Waals surface area contributed by atoms with Gasteiger partial charge in [0.15, 0.2) is 5.84 Å². The average molecular weight is 251 g/mol. The van der Waals surface area contributed by atoms with E-state index < -0.39 is 0 Å². The molecule has 0 spiro atoms. The molecule has 1 aromatic heterocycles. The SMILES string of the molecule is NC(CN(C(=O)c1ccoc1)C1CCCC1)=NO. The number of nitrogens with zero attached hydrogens (tertiary/aromatic N) is 2. The fourth-order valence-corrected chi connectivity index (χ4v) is 2.34. The Bertz CT molecular complexity index is 422. The van der Waals surface area contributed by atoms with Crippen molar-refractivity contribution in [2.45, 2.75) is 31.7 Å². The van der Waals surface area contributed by atoms with Crippen molar-refractivity contribution in [2.75, 3.05) is 6.54 Å². The van der Waals surface area contributed by atoms with E-state index >= 15 is 0 Å². The highest BCUT2D eigenvalue weighted by Gasteiger charge is 2.28. The van der Waals surface area contributed by atoms with Crippen molar-refractivity contribution in [3.05, 3.63) is 24.2 Å². The van der Waals surface area contributed by atoms with Gasteiger partial charge in [0.05, 0.1) is 18.4 Å². The first-order chi connectivity index (χ1) is 8.72. The van der Waals surface area contributed by atoms with Gasteiger partial charge in [0.1, 0.15) is 6.26 Å². The number of amidine groups is 1. The van der Waals surface area contributed by atoms with Gasteiger partial charge in [0.2, 0.25) is 0 Å². The van der Waals surface area contributed by atoms with Gasteiger partial charge in [-0.25, -0.2) is 0 Å². The third-order valence-electron chi connectivity index (χ3n) is 3.26. The Kier molecular flexibility index (Phi) is 3.86. The highest BCUT2D eigenvalue weighted by molar-refractivity contribution is 5.96. The van der Waals surface area contributed by atoms with Crippen LogP contribution < -0.4 is 5.73 Å². The van der Waals surface area contributed by atoms with Gasteiger partial charge in [-0.3, -0.25) is 4.79 Å². The average Bonchev–Trinajstić information content (AvgIpc) is 3.06. The zero-order chi connectivity index (χ0) is 13.0. The quantitative estimate of drug-likeness (QED) is 0.366. The van der Waals surface area contributed by atoms with Gasteiger partial charge >= 0.3 is 0 Å². The summed E-state index contributed by atoms with van der Waals surface area (Å²) in [5, 5.41) is 11.6. The smallest absolute Gasteiger partial charge is 0.257 e. The number of oxime groups is 1.